The smallest absolute Gasteiger partial charge is 0.240 e. The van der Waals surface area contributed by atoms with E-state index in [1.54, 1.807) is 18.2 Å². The summed E-state index contributed by atoms with van der Waals surface area (Å²) in [4.78, 5) is 25.1. The van der Waals surface area contributed by atoms with Gasteiger partial charge in [-0.15, -0.1) is 0 Å². The van der Waals surface area contributed by atoms with Crippen LogP contribution in [0.4, 0.5) is 5.69 Å². The van der Waals surface area contributed by atoms with Crippen molar-refractivity contribution in [2.24, 2.45) is 0 Å². The van der Waals surface area contributed by atoms with Crippen molar-refractivity contribution in [3.05, 3.63) is 42.5 Å². The molecule has 10 heteroatoms. The molecule has 1 N–H and O–H groups in total. The molecule has 4 rings (SSSR count). The van der Waals surface area contributed by atoms with Crippen molar-refractivity contribution in [1.29, 1.82) is 0 Å². The summed E-state index contributed by atoms with van der Waals surface area (Å²) in [6.45, 7) is 0.184. The second-order valence-electron chi connectivity index (χ2n) is 6.81. The molecule has 0 saturated carbocycles. The van der Waals surface area contributed by atoms with Crippen LogP contribution in [0, 0.1) is 0 Å². The number of amides is 2. The Hall–Kier alpha value is -3.11. The number of carbonyl (C=O) groups is 2. The predicted octanol–water partition coefficient (Wildman–Crippen LogP) is 1.47. The van der Waals surface area contributed by atoms with Crippen LogP contribution in [0.5, 0.6) is 17.2 Å². The summed E-state index contributed by atoms with van der Waals surface area (Å²) in [6.07, 6.45) is -0.343. The second kappa shape index (κ2) is 7.96. The number of carbonyl (C=O) groups excluding carboxylic acids is 2. The number of methoxy groups -OCH3 is 1. The Morgan fingerprint density at radius 1 is 1.10 bits per heavy atom. The minimum absolute atomic E-state index is 0.0143. The monoisotopic (exact) mass is 432 g/mol. The molecule has 158 valence electrons. The van der Waals surface area contributed by atoms with Crippen LogP contribution in [-0.4, -0.2) is 46.6 Å². The van der Waals surface area contributed by atoms with Gasteiger partial charge in [-0.3, -0.25) is 9.59 Å². The highest BCUT2D eigenvalue weighted by atomic mass is 32.2. The van der Waals surface area contributed by atoms with E-state index in [0.717, 1.165) is 4.90 Å². The molecule has 0 bridgehead atoms. The van der Waals surface area contributed by atoms with Crippen LogP contribution in [0.2, 0.25) is 0 Å². The largest absolute Gasteiger partial charge is 0.495 e. The molecule has 2 amide bonds. The molecule has 30 heavy (non-hydrogen) atoms. The van der Waals surface area contributed by atoms with Crippen molar-refractivity contribution in [2.75, 3.05) is 25.2 Å². The fourth-order valence-corrected chi connectivity index (χ4v) is 4.39. The summed E-state index contributed by atoms with van der Waals surface area (Å²) in [5.41, 5.74) is 0.110. The molecular formula is C20H20N2O7S. The van der Waals surface area contributed by atoms with E-state index in [0.29, 0.717) is 11.5 Å². The van der Waals surface area contributed by atoms with Crippen molar-refractivity contribution >= 4 is 27.5 Å². The number of hydrogen-bond acceptors (Lipinski definition) is 7. The number of nitrogens with one attached hydrogen (secondary N) is 1. The molecule has 2 aromatic rings. The highest BCUT2D eigenvalue weighted by Gasteiger charge is 2.33. The maximum atomic E-state index is 12.8. The molecule has 9 nitrogen and oxygen atoms in total. The van der Waals surface area contributed by atoms with E-state index in [4.69, 9.17) is 14.2 Å². The topological polar surface area (TPSA) is 111 Å². The molecular weight excluding hydrogens is 412 g/mol. The lowest BCUT2D eigenvalue weighted by molar-refractivity contribution is -0.121. The number of hydrogen-bond donors (Lipinski definition) is 1. The number of sulfonamides is 1. The Kier molecular flexibility index (Phi) is 5.35. The van der Waals surface area contributed by atoms with E-state index in [-0.39, 0.29) is 42.3 Å². The summed E-state index contributed by atoms with van der Waals surface area (Å²) in [5.74, 6) is 0.597. The number of anilines is 1. The summed E-state index contributed by atoms with van der Waals surface area (Å²) in [7, 11) is -2.56. The van der Waals surface area contributed by atoms with Crippen molar-refractivity contribution < 1.29 is 32.2 Å². The third kappa shape index (κ3) is 3.83. The lowest BCUT2D eigenvalue weighted by atomic mass is 10.2. The summed E-state index contributed by atoms with van der Waals surface area (Å²) >= 11 is 0. The summed E-state index contributed by atoms with van der Waals surface area (Å²) in [6, 6.07) is 11.2. The highest BCUT2D eigenvalue weighted by molar-refractivity contribution is 7.89. The highest BCUT2D eigenvalue weighted by Crippen LogP contribution is 2.34. The van der Waals surface area contributed by atoms with Gasteiger partial charge >= 0.3 is 0 Å². The maximum Gasteiger partial charge on any atom is 0.240 e. The van der Waals surface area contributed by atoms with Crippen molar-refractivity contribution in [3.63, 3.8) is 0 Å². The Morgan fingerprint density at radius 3 is 2.50 bits per heavy atom. The average Bonchev–Trinajstić information content (AvgIpc) is 3.09. The first kappa shape index (κ1) is 20.2. The van der Waals surface area contributed by atoms with Gasteiger partial charge in [0.1, 0.15) is 18.5 Å². The van der Waals surface area contributed by atoms with Gasteiger partial charge < -0.3 is 14.2 Å². The molecule has 0 unspecified atom stereocenters. The van der Waals surface area contributed by atoms with Crippen LogP contribution in [0.15, 0.2) is 47.4 Å². The summed E-state index contributed by atoms with van der Waals surface area (Å²) < 4.78 is 44.7. The first-order chi connectivity index (χ1) is 14.4. The third-order valence-corrected chi connectivity index (χ3v) is 6.24. The van der Waals surface area contributed by atoms with Gasteiger partial charge in [-0.2, -0.15) is 0 Å². The quantitative estimate of drug-likeness (QED) is 0.688. The van der Waals surface area contributed by atoms with Crippen LogP contribution < -0.4 is 23.8 Å². The number of ether oxygens (including phenoxy) is 3. The van der Waals surface area contributed by atoms with E-state index in [1.165, 1.54) is 25.3 Å². The first-order valence-corrected chi connectivity index (χ1v) is 10.8. The van der Waals surface area contributed by atoms with E-state index in [2.05, 4.69) is 4.72 Å². The Morgan fingerprint density at radius 2 is 1.80 bits per heavy atom. The van der Waals surface area contributed by atoms with Crippen LogP contribution in [0.25, 0.3) is 0 Å². The fraction of sp³-hybridized carbons (Fsp3) is 0.300. The van der Waals surface area contributed by atoms with Crippen LogP contribution in [-0.2, 0) is 19.6 Å². The number of rotatable bonds is 6. The van der Waals surface area contributed by atoms with Gasteiger partial charge in [0.25, 0.3) is 0 Å². The lowest BCUT2D eigenvalue weighted by Gasteiger charge is -2.26. The maximum absolute atomic E-state index is 12.8. The van der Waals surface area contributed by atoms with E-state index in [1.807, 2.05) is 6.07 Å². The van der Waals surface area contributed by atoms with Crippen molar-refractivity contribution in [2.45, 2.75) is 23.8 Å². The molecule has 0 aliphatic carbocycles. The Bertz CT molecular complexity index is 1080. The fourth-order valence-electron chi connectivity index (χ4n) is 3.31. The number of benzene rings is 2. The van der Waals surface area contributed by atoms with Crippen LogP contribution >= 0.6 is 0 Å². The van der Waals surface area contributed by atoms with Crippen LogP contribution in [0.1, 0.15) is 12.8 Å². The molecule has 2 aliphatic heterocycles. The van der Waals surface area contributed by atoms with E-state index < -0.39 is 27.9 Å². The normalized spacial score (nSPS) is 18.6. The lowest BCUT2D eigenvalue weighted by Crippen LogP contribution is -2.40. The Balaban J connectivity index is 1.52. The van der Waals surface area contributed by atoms with Gasteiger partial charge in [-0.05, 0) is 30.3 Å². The third-order valence-electron chi connectivity index (χ3n) is 4.82. The number of imide groups is 1. The van der Waals surface area contributed by atoms with Gasteiger partial charge in [0.05, 0.1) is 24.2 Å². The van der Waals surface area contributed by atoms with Crippen LogP contribution in [0.3, 0.4) is 0 Å². The number of nitrogens with zero attached hydrogens (tertiary/aromatic N) is 1. The average molecular weight is 432 g/mol. The van der Waals surface area contributed by atoms with Crippen molar-refractivity contribution in [1.82, 2.24) is 4.72 Å². The first-order valence-electron chi connectivity index (χ1n) is 9.31. The standard InChI is InChI=1S/C20H20N2O7S/c1-27-16-7-6-14(10-15(16)22-19(23)8-9-20(22)24)30(25,26)21-11-13-12-28-17-4-2-3-5-18(17)29-13/h2-7,10,13,21H,8-9,11-12H2,1H3/t13-/m1/s1. The SMILES string of the molecule is COc1ccc(S(=O)(=O)NC[C@@H]2COc3ccccc3O2)cc1N1C(=O)CCC1=O. The van der Waals surface area contributed by atoms with E-state index >= 15 is 0 Å². The minimum Gasteiger partial charge on any atom is -0.495 e. The van der Waals surface area contributed by atoms with Gasteiger partial charge in [0.2, 0.25) is 21.8 Å². The minimum atomic E-state index is -3.94. The zero-order chi connectivity index (χ0) is 21.3. The van der Waals surface area contributed by atoms with Gasteiger partial charge in [-0.25, -0.2) is 18.0 Å². The van der Waals surface area contributed by atoms with Gasteiger partial charge in [0, 0.05) is 12.8 Å². The summed E-state index contributed by atoms with van der Waals surface area (Å²) in [5, 5.41) is 0. The molecule has 2 heterocycles. The number of para-hydroxylation sites is 2. The Labute approximate surface area is 173 Å². The predicted molar refractivity (Wildman–Crippen MR) is 106 cm³/mol. The second-order valence-corrected chi connectivity index (χ2v) is 8.57. The zero-order valence-electron chi connectivity index (χ0n) is 16.2. The van der Waals surface area contributed by atoms with Gasteiger partial charge in [-0.1, -0.05) is 12.1 Å². The zero-order valence-corrected chi connectivity index (χ0v) is 17.0. The molecule has 1 saturated heterocycles. The molecule has 0 radical (unpaired) electrons. The molecule has 1 atom stereocenters. The molecule has 2 aromatic carbocycles. The van der Waals surface area contributed by atoms with E-state index in [9.17, 15) is 18.0 Å². The molecule has 1 fully saturated rings. The molecule has 2 aliphatic rings. The van der Waals surface area contributed by atoms with Crippen molar-refractivity contribution in [3.8, 4) is 17.2 Å². The molecule has 0 aromatic heterocycles. The number of fused-ring (bicyclic) bond motifs is 1. The van der Waals surface area contributed by atoms with Gasteiger partial charge in [0.15, 0.2) is 11.5 Å². The molecule has 0 spiro atoms.